The third-order valence-electron chi connectivity index (χ3n) is 10.0. The summed E-state index contributed by atoms with van der Waals surface area (Å²) in [5.41, 5.74) is -7.42. The predicted molar refractivity (Wildman–Crippen MR) is 274 cm³/mol. The number of alkyl halides is 6. The summed E-state index contributed by atoms with van der Waals surface area (Å²) in [7, 11) is -16.6. The molecule has 7 aromatic carbocycles. The topological polar surface area (TPSA) is 187 Å². The van der Waals surface area contributed by atoms with E-state index in [0.29, 0.717) is 44.3 Å². The van der Waals surface area contributed by atoms with Crippen molar-refractivity contribution in [3.05, 3.63) is 186 Å². The van der Waals surface area contributed by atoms with Crippen molar-refractivity contribution in [1.82, 2.24) is 19.9 Å². The standard InChI is InChI=1S/C21H12ClF3N2O3S.C20H13ClN2O.C8H8F3NO4S2.CH4/c22-17-9-5-4-8-16(17)14-10-15-12-26-20(13-6-2-1-3-7-13)27-19(15)18(11-14)30-31(28,29)21(23,24)25;21-17-9-5-4-8-16(17)14-10-15-12-22-20(13-6-2-1-3-7-13)23-19(15)18(24)11-14;1-17(13,14)12(7-5-3-2-4-6-7)18(15,16)8(9,10)11;/h1-12H;1-12,24H;2-6H,1H3;1H4. The number of nitrogens with zero attached hydrogens (tertiary/aromatic N) is 5. The van der Waals surface area contributed by atoms with E-state index in [4.69, 9.17) is 23.2 Å². The molecule has 0 saturated carbocycles. The number of benzene rings is 7. The molecule has 74 heavy (non-hydrogen) atoms. The molecule has 9 rings (SSSR count). The van der Waals surface area contributed by atoms with Crippen LogP contribution in [0, 0.1) is 0 Å². The van der Waals surface area contributed by atoms with Gasteiger partial charge < -0.3 is 9.29 Å². The van der Waals surface area contributed by atoms with Crippen LogP contribution in [0.1, 0.15) is 7.43 Å². The van der Waals surface area contributed by atoms with E-state index in [2.05, 4.69) is 24.1 Å². The fourth-order valence-electron chi connectivity index (χ4n) is 6.78. The van der Waals surface area contributed by atoms with E-state index in [9.17, 15) is 56.7 Å². The van der Waals surface area contributed by atoms with Crippen molar-refractivity contribution in [2.24, 2.45) is 0 Å². The summed E-state index contributed by atoms with van der Waals surface area (Å²) in [6.07, 6.45) is 3.49. The Balaban J connectivity index is 0.000000186. The lowest BCUT2D eigenvalue weighted by atomic mass is 10.0. The number of aromatic nitrogens is 4. The fraction of sp³-hybridized carbons (Fsp3) is 0.0800. The lowest BCUT2D eigenvalue weighted by Crippen LogP contribution is -2.44. The molecule has 0 aliphatic carbocycles. The molecule has 24 heteroatoms. The number of halogens is 8. The molecule has 0 saturated heterocycles. The van der Waals surface area contributed by atoms with Crippen LogP contribution >= 0.6 is 23.2 Å². The Morgan fingerprint density at radius 2 is 0.932 bits per heavy atom. The summed E-state index contributed by atoms with van der Waals surface area (Å²) >= 11 is 12.5. The second-order valence-electron chi connectivity index (χ2n) is 15.2. The first-order valence-electron chi connectivity index (χ1n) is 20.6. The summed E-state index contributed by atoms with van der Waals surface area (Å²) < 4.78 is 148. The Labute approximate surface area is 430 Å². The van der Waals surface area contributed by atoms with Crippen molar-refractivity contribution in [3.8, 4) is 56.5 Å². The van der Waals surface area contributed by atoms with Gasteiger partial charge >= 0.3 is 31.2 Å². The number of aromatic hydroxyl groups is 1. The van der Waals surface area contributed by atoms with Gasteiger partial charge in [0.15, 0.2) is 17.4 Å². The molecule has 0 amide bonds. The smallest absolute Gasteiger partial charge is 0.506 e. The van der Waals surface area contributed by atoms with Crippen molar-refractivity contribution in [3.63, 3.8) is 0 Å². The molecular formula is C50H37Cl2F6N5O8S3. The van der Waals surface area contributed by atoms with Gasteiger partial charge in [0.1, 0.15) is 16.8 Å². The third kappa shape index (κ3) is 12.7. The first-order valence-corrected chi connectivity index (χ1v) is 26.1. The zero-order valence-corrected chi connectivity index (χ0v) is 41.0. The van der Waals surface area contributed by atoms with Crippen LogP contribution < -0.4 is 7.89 Å². The van der Waals surface area contributed by atoms with E-state index in [1.165, 1.54) is 24.4 Å². The largest absolute Gasteiger partial charge is 0.534 e. The molecule has 0 unspecified atom stereocenters. The molecule has 1 N–H and O–H groups in total. The molecule has 13 nitrogen and oxygen atoms in total. The van der Waals surface area contributed by atoms with E-state index in [1.54, 1.807) is 72.9 Å². The summed E-state index contributed by atoms with van der Waals surface area (Å²) in [4.78, 5) is 17.4. The first-order chi connectivity index (χ1) is 34.4. The normalized spacial score (nSPS) is 11.9. The molecule has 0 aliphatic heterocycles. The monoisotopic (exact) mass is 1120 g/mol. The van der Waals surface area contributed by atoms with E-state index in [1.807, 2.05) is 60.7 Å². The number of hydrogen-bond acceptors (Lipinski definition) is 12. The molecule has 2 heterocycles. The van der Waals surface area contributed by atoms with Gasteiger partial charge in [-0.3, -0.25) is 0 Å². The van der Waals surface area contributed by atoms with E-state index < -0.39 is 56.3 Å². The Bertz CT molecular complexity index is 3810. The highest BCUT2D eigenvalue weighted by molar-refractivity contribution is 8.10. The number of rotatable bonds is 9. The molecular weight excluding hydrogens is 1080 g/mol. The van der Waals surface area contributed by atoms with Gasteiger partial charge in [-0.05, 0) is 59.7 Å². The van der Waals surface area contributed by atoms with Gasteiger partial charge in [0, 0.05) is 55.5 Å². The minimum absolute atomic E-state index is 0. The molecule has 384 valence electrons. The van der Waals surface area contributed by atoms with E-state index >= 15 is 0 Å². The maximum Gasteiger partial charge on any atom is 0.534 e. The number of hydrogen-bond donors (Lipinski definition) is 1. The second kappa shape index (κ2) is 22.4. The quantitative estimate of drug-likeness (QED) is 0.0820. The van der Waals surface area contributed by atoms with Gasteiger partial charge in [0.25, 0.3) is 0 Å². The highest BCUT2D eigenvalue weighted by Gasteiger charge is 2.53. The number of fused-ring (bicyclic) bond motifs is 2. The summed E-state index contributed by atoms with van der Waals surface area (Å²) in [6.45, 7) is 0. The van der Waals surface area contributed by atoms with Crippen molar-refractivity contribution < 1.29 is 60.9 Å². The molecule has 0 spiro atoms. The molecule has 0 bridgehead atoms. The average Bonchev–Trinajstić information content (AvgIpc) is 3.34. The summed E-state index contributed by atoms with van der Waals surface area (Å²) in [6, 6.07) is 44.7. The Hall–Kier alpha value is -7.37. The number of phenols is 1. The van der Waals surface area contributed by atoms with Crippen molar-refractivity contribution >= 4 is 80.9 Å². The predicted octanol–water partition coefficient (Wildman–Crippen LogP) is 13.1. The van der Waals surface area contributed by atoms with Crippen LogP contribution in [0.25, 0.3) is 66.8 Å². The van der Waals surface area contributed by atoms with Crippen LogP contribution in [0.5, 0.6) is 11.5 Å². The van der Waals surface area contributed by atoms with Gasteiger partial charge in [-0.25, -0.2) is 28.4 Å². The zero-order chi connectivity index (χ0) is 52.9. The van der Waals surface area contributed by atoms with Crippen LogP contribution in [-0.4, -0.2) is 67.6 Å². The van der Waals surface area contributed by atoms with Crippen LogP contribution in [0.2, 0.25) is 10.0 Å². The minimum Gasteiger partial charge on any atom is -0.506 e. The molecule has 0 radical (unpaired) electrons. The van der Waals surface area contributed by atoms with Crippen molar-refractivity contribution in [2.45, 2.75) is 18.4 Å². The fourth-order valence-corrected chi connectivity index (χ4v) is 10.5. The highest BCUT2D eigenvalue weighted by Crippen LogP contribution is 2.39. The lowest BCUT2D eigenvalue weighted by molar-refractivity contribution is -0.0500. The molecule has 9 aromatic rings. The van der Waals surface area contributed by atoms with E-state index in [0.717, 1.165) is 40.3 Å². The molecule has 0 aliphatic rings. The summed E-state index contributed by atoms with van der Waals surface area (Å²) in [5.74, 6) is 0.322. The SMILES string of the molecule is C.CS(=O)(=O)N(c1ccccc1)S(=O)(=O)C(F)(F)F.O=S(=O)(Oc1cc(-c2ccccc2Cl)cc2cnc(-c3ccccc3)nc12)C(F)(F)F.Oc1cc(-c2ccccc2Cl)cc2cnc(-c3ccccc3)nc12. The first kappa shape index (κ1) is 55.9. The van der Waals surface area contributed by atoms with Crippen molar-refractivity contribution in [1.29, 1.82) is 0 Å². The average molecular weight is 1120 g/mol. The van der Waals surface area contributed by atoms with Gasteiger partial charge in [0.05, 0.1) is 11.9 Å². The number of para-hydroxylation sites is 1. The Kier molecular flexibility index (Phi) is 16.9. The zero-order valence-electron chi connectivity index (χ0n) is 37.0. The molecule has 2 aromatic heterocycles. The molecule has 0 fully saturated rings. The van der Waals surface area contributed by atoms with Crippen LogP contribution in [0.4, 0.5) is 32.0 Å². The van der Waals surface area contributed by atoms with Gasteiger partial charge in [-0.1, -0.05) is 146 Å². The number of anilines is 1. The highest BCUT2D eigenvalue weighted by atomic mass is 35.5. The van der Waals surface area contributed by atoms with Crippen molar-refractivity contribution in [2.75, 3.05) is 9.97 Å². The maximum atomic E-state index is 13.0. The second-order valence-corrected chi connectivity index (χ2v) is 21.3. The minimum atomic E-state index is -6.00. The van der Waals surface area contributed by atoms with Gasteiger partial charge in [-0.2, -0.15) is 46.9 Å². The number of phenolic OH excluding ortho intramolecular Hbond substituents is 1. The Morgan fingerprint density at radius 1 is 0.527 bits per heavy atom. The van der Waals surface area contributed by atoms with Crippen LogP contribution in [0.15, 0.2) is 176 Å². The van der Waals surface area contributed by atoms with Crippen LogP contribution in [0.3, 0.4) is 0 Å². The number of sulfonamides is 2. The summed E-state index contributed by atoms with van der Waals surface area (Å²) in [5, 5.41) is 12.5. The molecule has 0 atom stereocenters. The van der Waals surface area contributed by atoms with Gasteiger partial charge in [-0.15, -0.1) is 0 Å². The lowest BCUT2D eigenvalue weighted by Gasteiger charge is -2.22. The van der Waals surface area contributed by atoms with E-state index in [-0.39, 0.29) is 29.9 Å². The van der Waals surface area contributed by atoms with Crippen LogP contribution in [-0.2, 0) is 30.2 Å². The van der Waals surface area contributed by atoms with Gasteiger partial charge in [0.2, 0.25) is 10.0 Å². The third-order valence-corrected chi connectivity index (χ3v) is 15.1. The Morgan fingerprint density at radius 3 is 1.36 bits per heavy atom. The maximum absolute atomic E-state index is 13.0.